The minimum atomic E-state index is -0.867. The zero-order valence-electron chi connectivity index (χ0n) is 17.8. The Labute approximate surface area is 177 Å². The molecule has 2 fully saturated rings. The van der Waals surface area contributed by atoms with Crippen molar-refractivity contribution in [3.05, 3.63) is 0 Å². The standard InChI is InChI=1S/C19H37N3O3.2ClH/c1-8-24-15-9-19(20,18(15,6)7)16(23)21-12-17(4,5)22-10-13(2)25-14(3)11-22;;/h13-15H,8-12,20H2,1-7H3,(H,21,23);2*1H. The summed E-state index contributed by atoms with van der Waals surface area (Å²) in [6.45, 7) is 17.5. The van der Waals surface area contributed by atoms with Crippen LogP contribution in [0.1, 0.15) is 54.9 Å². The fraction of sp³-hybridized carbons (Fsp3) is 0.947. The Morgan fingerprint density at radius 1 is 1.26 bits per heavy atom. The van der Waals surface area contributed by atoms with Crippen molar-refractivity contribution >= 4 is 30.7 Å². The van der Waals surface area contributed by atoms with Gasteiger partial charge in [0.2, 0.25) is 5.91 Å². The van der Waals surface area contributed by atoms with Gasteiger partial charge in [-0.2, -0.15) is 0 Å². The van der Waals surface area contributed by atoms with Crippen molar-refractivity contribution in [2.45, 2.75) is 84.3 Å². The Bertz CT molecular complexity index is 495. The molecule has 2 rings (SSSR count). The highest BCUT2D eigenvalue weighted by molar-refractivity contribution is 5.88. The maximum absolute atomic E-state index is 12.8. The molecule has 162 valence electrons. The number of amides is 1. The number of nitrogens with zero attached hydrogens (tertiary/aromatic N) is 1. The lowest BCUT2D eigenvalue weighted by Crippen LogP contribution is -2.76. The summed E-state index contributed by atoms with van der Waals surface area (Å²) in [6, 6.07) is 0. The third-order valence-corrected chi connectivity index (χ3v) is 6.19. The first-order chi connectivity index (χ1) is 11.4. The molecule has 0 spiro atoms. The zero-order valence-corrected chi connectivity index (χ0v) is 19.5. The molecule has 0 bridgehead atoms. The monoisotopic (exact) mass is 427 g/mol. The van der Waals surface area contributed by atoms with Gasteiger partial charge in [-0.25, -0.2) is 0 Å². The van der Waals surface area contributed by atoms with Crippen LogP contribution >= 0.6 is 24.8 Å². The molecule has 2 aliphatic rings. The Morgan fingerprint density at radius 2 is 1.78 bits per heavy atom. The van der Waals surface area contributed by atoms with Crippen LogP contribution in [0.3, 0.4) is 0 Å². The number of morpholine rings is 1. The van der Waals surface area contributed by atoms with Gasteiger partial charge < -0.3 is 20.5 Å². The molecule has 0 aromatic rings. The quantitative estimate of drug-likeness (QED) is 0.679. The van der Waals surface area contributed by atoms with Gasteiger partial charge in [-0.3, -0.25) is 9.69 Å². The smallest absolute Gasteiger partial charge is 0.240 e. The molecule has 6 nitrogen and oxygen atoms in total. The molecule has 4 unspecified atom stereocenters. The van der Waals surface area contributed by atoms with Gasteiger partial charge in [-0.15, -0.1) is 24.8 Å². The number of carbonyl (C=O) groups excluding carboxylic acids is 1. The number of hydrogen-bond donors (Lipinski definition) is 2. The normalized spacial score (nSPS) is 33.3. The first kappa shape index (κ1) is 26.9. The van der Waals surface area contributed by atoms with Crippen molar-refractivity contribution in [1.29, 1.82) is 0 Å². The van der Waals surface area contributed by atoms with E-state index in [1.165, 1.54) is 0 Å². The minimum Gasteiger partial charge on any atom is -0.378 e. The number of nitrogens with two attached hydrogens (primary N) is 1. The van der Waals surface area contributed by atoms with Gasteiger partial charge in [-0.05, 0) is 34.6 Å². The SMILES string of the molecule is CCOC1CC(N)(C(=O)NCC(C)(C)N2CC(C)OC(C)C2)C1(C)C.Cl.Cl. The summed E-state index contributed by atoms with van der Waals surface area (Å²) in [5.74, 6) is -0.0733. The number of hydrogen-bond acceptors (Lipinski definition) is 5. The summed E-state index contributed by atoms with van der Waals surface area (Å²) in [6.07, 6.45) is 1.03. The van der Waals surface area contributed by atoms with Gasteiger partial charge in [0.1, 0.15) is 5.54 Å². The second kappa shape index (κ2) is 9.59. The molecule has 0 aromatic heterocycles. The van der Waals surface area contributed by atoms with E-state index in [9.17, 15) is 4.79 Å². The fourth-order valence-electron chi connectivity index (χ4n) is 4.06. The Balaban J connectivity index is 0.00000338. The summed E-state index contributed by atoms with van der Waals surface area (Å²) in [4.78, 5) is 15.2. The van der Waals surface area contributed by atoms with Gasteiger partial charge in [0, 0.05) is 43.6 Å². The summed E-state index contributed by atoms with van der Waals surface area (Å²) in [5.41, 5.74) is 5.10. The second-order valence-corrected chi connectivity index (χ2v) is 9.00. The van der Waals surface area contributed by atoms with E-state index in [0.717, 1.165) is 13.1 Å². The predicted molar refractivity (Wildman–Crippen MR) is 114 cm³/mol. The molecule has 1 saturated carbocycles. The highest BCUT2D eigenvalue weighted by Gasteiger charge is 2.62. The van der Waals surface area contributed by atoms with Crippen LogP contribution in [0, 0.1) is 5.41 Å². The summed E-state index contributed by atoms with van der Waals surface area (Å²) >= 11 is 0. The lowest BCUT2D eigenvalue weighted by Gasteiger charge is -2.57. The van der Waals surface area contributed by atoms with Gasteiger partial charge in [0.25, 0.3) is 0 Å². The van der Waals surface area contributed by atoms with Crippen LogP contribution < -0.4 is 11.1 Å². The molecule has 0 aromatic carbocycles. The van der Waals surface area contributed by atoms with Crippen LogP contribution in [0.4, 0.5) is 0 Å². The molecular weight excluding hydrogens is 389 g/mol. The molecule has 1 aliphatic carbocycles. The molecule has 1 aliphatic heterocycles. The summed E-state index contributed by atoms with van der Waals surface area (Å²) in [7, 11) is 0. The number of nitrogens with one attached hydrogen (secondary N) is 1. The lowest BCUT2D eigenvalue weighted by atomic mass is 9.54. The maximum Gasteiger partial charge on any atom is 0.240 e. The van der Waals surface area contributed by atoms with E-state index in [1.54, 1.807) is 0 Å². The van der Waals surface area contributed by atoms with Gasteiger partial charge >= 0.3 is 0 Å². The number of carbonyl (C=O) groups is 1. The molecule has 1 amide bonds. The van der Waals surface area contributed by atoms with Crippen LogP contribution in [0.15, 0.2) is 0 Å². The number of halogens is 2. The molecule has 1 saturated heterocycles. The second-order valence-electron chi connectivity index (χ2n) is 9.00. The van der Waals surface area contributed by atoms with Crippen molar-refractivity contribution in [3.8, 4) is 0 Å². The third kappa shape index (κ3) is 5.28. The van der Waals surface area contributed by atoms with Crippen molar-refractivity contribution < 1.29 is 14.3 Å². The number of rotatable bonds is 6. The average molecular weight is 428 g/mol. The fourth-order valence-corrected chi connectivity index (χ4v) is 4.06. The van der Waals surface area contributed by atoms with Crippen molar-refractivity contribution in [2.75, 3.05) is 26.2 Å². The van der Waals surface area contributed by atoms with E-state index in [-0.39, 0.29) is 60.0 Å². The summed E-state index contributed by atoms with van der Waals surface area (Å²) in [5, 5.41) is 3.11. The number of ether oxygens (including phenoxy) is 2. The first-order valence-corrected chi connectivity index (χ1v) is 9.53. The van der Waals surface area contributed by atoms with Crippen LogP contribution in [0.2, 0.25) is 0 Å². The van der Waals surface area contributed by atoms with E-state index in [1.807, 2.05) is 20.8 Å². The van der Waals surface area contributed by atoms with Crippen molar-refractivity contribution in [3.63, 3.8) is 0 Å². The molecule has 1 heterocycles. The Kier molecular flexibility index (Phi) is 9.55. The largest absolute Gasteiger partial charge is 0.378 e. The van der Waals surface area contributed by atoms with E-state index in [2.05, 4.69) is 37.9 Å². The first-order valence-electron chi connectivity index (χ1n) is 9.53. The Hall–Kier alpha value is -0.110. The van der Waals surface area contributed by atoms with E-state index >= 15 is 0 Å². The van der Waals surface area contributed by atoms with Crippen LogP contribution in [0.25, 0.3) is 0 Å². The van der Waals surface area contributed by atoms with Crippen LogP contribution in [-0.2, 0) is 14.3 Å². The molecular formula is C19H39Cl2N3O3. The van der Waals surface area contributed by atoms with Crippen molar-refractivity contribution in [2.24, 2.45) is 11.1 Å². The highest BCUT2D eigenvalue weighted by Crippen LogP contribution is 2.49. The lowest BCUT2D eigenvalue weighted by molar-refractivity contribution is -0.171. The van der Waals surface area contributed by atoms with Gasteiger partial charge in [0.05, 0.1) is 18.3 Å². The predicted octanol–water partition coefficient (Wildman–Crippen LogP) is 2.37. The average Bonchev–Trinajstić information content (AvgIpc) is 2.51. The molecule has 4 atom stereocenters. The van der Waals surface area contributed by atoms with E-state index < -0.39 is 5.54 Å². The zero-order chi connectivity index (χ0) is 19.0. The van der Waals surface area contributed by atoms with Gasteiger partial charge in [0.15, 0.2) is 0 Å². The maximum atomic E-state index is 12.8. The molecule has 8 heteroatoms. The van der Waals surface area contributed by atoms with Crippen LogP contribution in [-0.4, -0.2) is 66.4 Å². The Morgan fingerprint density at radius 3 is 2.22 bits per heavy atom. The third-order valence-electron chi connectivity index (χ3n) is 6.19. The highest BCUT2D eigenvalue weighted by atomic mass is 35.5. The molecule has 0 radical (unpaired) electrons. The van der Waals surface area contributed by atoms with Crippen LogP contribution in [0.5, 0.6) is 0 Å². The molecule has 3 N–H and O–H groups in total. The van der Waals surface area contributed by atoms with Crippen molar-refractivity contribution in [1.82, 2.24) is 10.2 Å². The summed E-state index contributed by atoms with van der Waals surface area (Å²) < 4.78 is 11.5. The minimum absolute atomic E-state index is 0. The van der Waals surface area contributed by atoms with Gasteiger partial charge in [-0.1, -0.05) is 13.8 Å². The molecule has 27 heavy (non-hydrogen) atoms. The van der Waals surface area contributed by atoms with E-state index in [0.29, 0.717) is 19.6 Å². The topological polar surface area (TPSA) is 76.8 Å². The van der Waals surface area contributed by atoms with E-state index in [4.69, 9.17) is 15.2 Å².